The van der Waals surface area contributed by atoms with E-state index in [1.807, 2.05) is 0 Å². The van der Waals surface area contributed by atoms with Crippen LogP contribution in [-0.2, 0) is 9.53 Å². The molecule has 2 aliphatic carbocycles. The molecule has 3 atom stereocenters. The first-order valence-electron chi connectivity index (χ1n) is 9.47. The van der Waals surface area contributed by atoms with E-state index >= 15 is 0 Å². The molecule has 3 aliphatic rings. The van der Waals surface area contributed by atoms with E-state index in [0.717, 1.165) is 45.3 Å². The number of hydrogen-bond donors (Lipinski definition) is 3. The van der Waals surface area contributed by atoms with Crippen molar-refractivity contribution in [3.8, 4) is 0 Å². The zero-order chi connectivity index (χ0) is 16.5. The van der Waals surface area contributed by atoms with Gasteiger partial charge in [-0.2, -0.15) is 0 Å². The van der Waals surface area contributed by atoms with Gasteiger partial charge in [-0.1, -0.05) is 13.8 Å². The van der Waals surface area contributed by atoms with E-state index in [1.54, 1.807) is 4.90 Å². The van der Waals surface area contributed by atoms with Crippen LogP contribution in [0.1, 0.15) is 40.0 Å². The number of nitrogens with one attached hydrogen (secondary N) is 2. The first kappa shape index (κ1) is 17.2. The van der Waals surface area contributed by atoms with Crippen molar-refractivity contribution in [1.29, 1.82) is 0 Å². The predicted molar refractivity (Wildman–Crippen MR) is 89.2 cm³/mol. The van der Waals surface area contributed by atoms with Crippen LogP contribution in [0.5, 0.6) is 0 Å². The minimum Gasteiger partial charge on any atom is -0.370 e. The zero-order valence-corrected chi connectivity index (χ0v) is 15.1. The standard InChI is InChI=1S/C18H33N3O2/c1-17(2)14-4-5-15(12-14)18(17,3)20-16(22)13-19-6-7-21-8-10-23-11-9-21/h14-15,19H,4-13H2,1-3H3,(H,20,22)/p+2/t14-,15-,18-/m1/s1. The molecule has 0 aromatic heterocycles. The maximum atomic E-state index is 12.5. The molecule has 2 saturated carbocycles. The number of hydrogen-bond acceptors (Lipinski definition) is 2. The average molecular weight is 325 g/mol. The number of morpholine rings is 1. The van der Waals surface area contributed by atoms with Gasteiger partial charge in [-0.05, 0) is 43.4 Å². The van der Waals surface area contributed by atoms with Gasteiger partial charge < -0.3 is 20.3 Å². The molecule has 0 aromatic carbocycles. The Labute approximate surface area is 140 Å². The number of carbonyl (C=O) groups excluding carboxylic acids is 1. The van der Waals surface area contributed by atoms with Crippen molar-refractivity contribution in [2.75, 3.05) is 45.9 Å². The highest BCUT2D eigenvalue weighted by Gasteiger charge is 2.60. The Morgan fingerprint density at radius 1 is 1.22 bits per heavy atom. The van der Waals surface area contributed by atoms with Gasteiger partial charge in [0.2, 0.25) is 0 Å². The van der Waals surface area contributed by atoms with Crippen LogP contribution in [0.25, 0.3) is 0 Å². The predicted octanol–water partition coefficient (Wildman–Crippen LogP) is -1.20. The minimum absolute atomic E-state index is 0.0176. The third kappa shape index (κ3) is 3.28. The Balaban J connectivity index is 1.41. The van der Waals surface area contributed by atoms with Crippen LogP contribution >= 0.6 is 0 Å². The highest BCUT2D eigenvalue weighted by atomic mass is 16.5. The van der Waals surface area contributed by atoms with Gasteiger partial charge in [0.15, 0.2) is 6.54 Å². The molecule has 3 fully saturated rings. The SMILES string of the molecule is CC1(C)[C@@H]2CC[C@H](C2)[C@@]1(C)NC(=O)C[NH2+]CC[NH+]1CCOCC1. The Morgan fingerprint density at radius 3 is 2.57 bits per heavy atom. The summed E-state index contributed by atoms with van der Waals surface area (Å²) >= 11 is 0. The summed E-state index contributed by atoms with van der Waals surface area (Å²) in [4.78, 5) is 14.1. The molecule has 23 heavy (non-hydrogen) atoms. The summed E-state index contributed by atoms with van der Waals surface area (Å²) in [7, 11) is 0. The molecular weight excluding hydrogens is 290 g/mol. The summed E-state index contributed by atoms with van der Waals surface area (Å²) < 4.78 is 5.38. The fraction of sp³-hybridized carbons (Fsp3) is 0.944. The van der Waals surface area contributed by atoms with Crippen molar-refractivity contribution in [2.45, 2.75) is 45.6 Å². The lowest BCUT2D eigenvalue weighted by Gasteiger charge is -2.48. The second kappa shape index (κ2) is 6.69. The third-order valence-electron chi connectivity index (χ3n) is 7.24. The molecule has 132 valence electrons. The number of rotatable bonds is 6. The second-order valence-electron chi connectivity index (χ2n) is 8.57. The Hall–Kier alpha value is -0.650. The maximum Gasteiger partial charge on any atom is 0.275 e. The highest BCUT2D eigenvalue weighted by molar-refractivity contribution is 5.77. The Kier molecular flexibility index (Phi) is 5.00. The highest BCUT2D eigenvalue weighted by Crippen LogP contribution is 2.61. The molecule has 1 aliphatic heterocycles. The van der Waals surface area contributed by atoms with Crippen molar-refractivity contribution < 1.29 is 19.7 Å². The second-order valence-corrected chi connectivity index (χ2v) is 8.57. The smallest absolute Gasteiger partial charge is 0.275 e. The lowest BCUT2D eigenvalue weighted by molar-refractivity contribution is -0.919. The number of carbonyl (C=O) groups is 1. The molecule has 4 N–H and O–H groups in total. The van der Waals surface area contributed by atoms with Crippen LogP contribution in [-0.4, -0.2) is 57.4 Å². The topological polar surface area (TPSA) is 59.4 Å². The normalized spacial score (nSPS) is 36.3. The third-order valence-corrected chi connectivity index (χ3v) is 7.24. The monoisotopic (exact) mass is 325 g/mol. The lowest BCUT2D eigenvalue weighted by Crippen LogP contribution is -3.16. The fourth-order valence-electron chi connectivity index (χ4n) is 5.16. The van der Waals surface area contributed by atoms with Crippen molar-refractivity contribution in [3.05, 3.63) is 0 Å². The number of ether oxygens (including phenoxy) is 1. The number of fused-ring (bicyclic) bond motifs is 2. The lowest BCUT2D eigenvalue weighted by atomic mass is 9.64. The van der Waals surface area contributed by atoms with Crippen LogP contribution in [0.4, 0.5) is 0 Å². The van der Waals surface area contributed by atoms with Crippen molar-refractivity contribution >= 4 is 5.91 Å². The molecular formula is C18H35N3O2+2. The van der Waals surface area contributed by atoms with Crippen LogP contribution in [0, 0.1) is 17.3 Å². The van der Waals surface area contributed by atoms with Gasteiger partial charge >= 0.3 is 0 Å². The fourth-order valence-corrected chi connectivity index (χ4v) is 5.16. The van der Waals surface area contributed by atoms with E-state index in [4.69, 9.17) is 4.74 Å². The van der Waals surface area contributed by atoms with Gasteiger partial charge in [-0.25, -0.2) is 0 Å². The molecule has 1 saturated heterocycles. The number of nitrogens with two attached hydrogens (primary N) is 1. The summed E-state index contributed by atoms with van der Waals surface area (Å²) in [5.74, 6) is 1.67. The summed E-state index contributed by atoms with van der Waals surface area (Å²) in [6.07, 6.45) is 3.93. The molecule has 5 heteroatoms. The molecule has 0 spiro atoms. The van der Waals surface area contributed by atoms with E-state index < -0.39 is 0 Å². The number of quaternary nitrogens is 2. The van der Waals surface area contributed by atoms with Crippen molar-refractivity contribution in [1.82, 2.24) is 5.32 Å². The number of amides is 1. The molecule has 1 amide bonds. The summed E-state index contributed by atoms with van der Waals surface area (Å²) in [5.41, 5.74) is 0.208. The van der Waals surface area contributed by atoms with E-state index in [2.05, 4.69) is 31.4 Å². The summed E-state index contributed by atoms with van der Waals surface area (Å²) in [6.45, 7) is 13.7. The first-order chi connectivity index (χ1) is 10.9. The largest absolute Gasteiger partial charge is 0.370 e. The molecule has 2 bridgehead atoms. The Morgan fingerprint density at radius 2 is 1.91 bits per heavy atom. The molecule has 0 aromatic rings. The molecule has 3 rings (SSSR count). The van der Waals surface area contributed by atoms with Gasteiger partial charge in [0.05, 0.1) is 13.2 Å². The summed E-state index contributed by atoms with van der Waals surface area (Å²) in [5, 5.41) is 5.59. The summed E-state index contributed by atoms with van der Waals surface area (Å²) in [6, 6.07) is 0. The van der Waals surface area contributed by atoms with Gasteiger partial charge in [0, 0.05) is 5.54 Å². The van der Waals surface area contributed by atoms with E-state index in [1.165, 1.54) is 19.3 Å². The van der Waals surface area contributed by atoms with E-state index in [9.17, 15) is 4.79 Å². The molecule has 0 unspecified atom stereocenters. The van der Waals surface area contributed by atoms with Crippen LogP contribution in [0.15, 0.2) is 0 Å². The molecule has 1 heterocycles. The average Bonchev–Trinajstić information content (AvgIpc) is 3.08. The minimum atomic E-state index is -0.0176. The quantitative estimate of drug-likeness (QED) is 0.537. The van der Waals surface area contributed by atoms with Gasteiger partial charge in [0.1, 0.15) is 26.2 Å². The van der Waals surface area contributed by atoms with Crippen molar-refractivity contribution in [2.24, 2.45) is 17.3 Å². The zero-order valence-electron chi connectivity index (χ0n) is 15.1. The van der Waals surface area contributed by atoms with E-state index in [0.29, 0.717) is 12.5 Å². The maximum absolute atomic E-state index is 12.5. The van der Waals surface area contributed by atoms with Crippen LogP contribution in [0.3, 0.4) is 0 Å². The van der Waals surface area contributed by atoms with Crippen molar-refractivity contribution in [3.63, 3.8) is 0 Å². The van der Waals surface area contributed by atoms with Crippen LogP contribution < -0.4 is 15.5 Å². The Bertz CT molecular complexity index is 434. The van der Waals surface area contributed by atoms with E-state index in [-0.39, 0.29) is 16.9 Å². The molecule has 5 nitrogen and oxygen atoms in total. The van der Waals surface area contributed by atoms with Gasteiger partial charge in [-0.3, -0.25) is 4.79 Å². The molecule has 0 radical (unpaired) electrons. The van der Waals surface area contributed by atoms with Crippen LogP contribution in [0.2, 0.25) is 0 Å². The first-order valence-corrected chi connectivity index (χ1v) is 9.47. The van der Waals surface area contributed by atoms with Gasteiger partial charge in [-0.15, -0.1) is 0 Å². The van der Waals surface area contributed by atoms with Gasteiger partial charge in [0.25, 0.3) is 5.91 Å².